The molecule has 1 aromatic heterocycles. The van der Waals surface area contributed by atoms with E-state index in [-0.39, 0.29) is 5.91 Å². The molecule has 0 aliphatic heterocycles. The minimum Gasteiger partial charge on any atom is -0.444 e. The summed E-state index contributed by atoms with van der Waals surface area (Å²) in [6.45, 7) is 4.86. The summed E-state index contributed by atoms with van der Waals surface area (Å²) in [6.07, 6.45) is 0.467. The van der Waals surface area contributed by atoms with Gasteiger partial charge in [0.05, 0.1) is 11.3 Å². The van der Waals surface area contributed by atoms with Gasteiger partial charge in [0.25, 0.3) is 5.91 Å². The maximum absolute atomic E-state index is 12.9. The molecule has 3 aromatic rings. The number of esters is 1. The maximum atomic E-state index is 12.9. The van der Waals surface area contributed by atoms with Gasteiger partial charge in [0, 0.05) is 18.7 Å². The number of hydrogen-bond acceptors (Lipinski definition) is 6. The number of benzene rings is 2. The van der Waals surface area contributed by atoms with Gasteiger partial charge in [-0.1, -0.05) is 30.3 Å². The molecule has 144 valence electrons. The molecule has 0 aliphatic rings. The Morgan fingerprint density at radius 1 is 1.04 bits per heavy atom. The van der Waals surface area contributed by atoms with Crippen molar-refractivity contribution in [1.82, 2.24) is 25.1 Å². The smallest absolute Gasteiger partial charge is 0.339 e. The molecule has 1 heterocycles. The zero-order chi connectivity index (χ0) is 19.9. The normalized spacial score (nSPS) is 11.6. The zero-order valence-electron chi connectivity index (χ0n) is 15.7. The quantitative estimate of drug-likeness (QED) is 0.586. The van der Waals surface area contributed by atoms with Crippen molar-refractivity contribution in [2.75, 3.05) is 13.1 Å². The lowest BCUT2D eigenvalue weighted by atomic mass is 10.1. The molecule has 3 rings (SSSR count). The fourth-order valence-corrected chi connectivity index (χ4v) is 2.79. The number of carbonyl (C=O) groups is 2. The monoisotopic (exact) mass is 379 g/mol. The van der Waals surface area contributed by atoms with Crippen LogP contribution in [0.25, 0.3) is 5.69 Å². The average Bonchev–Trinajstić information content (AvgIpc) is 3.28. The van der Waals surface area contributed by atoms with Crippen LogP contribution in [0, 0.1) is 0 Å². The van der Waals surface area contributed by atoms with Crippen LogP contribution in [0.5, 0.6) is 0 Å². The average molecular weight is 379 g/mol. The molecular formula is C20H21N5O3. The third kappa shape index (κ3) is 4.22. The van der Waals surface area contributed by atoms with Crippen LogP contribution in [-0.4, -0.2) is 50.1 Å². The first kappa shape index (κ1) is 19.2. The minimum atomic E-state index is -0.993. The SMILES string of the molecule is CCN(CC)C(=O)[C@H](OC(=O)c1ccc(-n2cnnn2)cc1)c1ccccc1. The molecule has 0 saturated carbocycles. The number of amides is 1. The van der Waals surface area contributed by atoms with Crippen molar-refractivity contribution < 1.29 is 14.3 Å². The highest BCUT2D eigenvalue weighted by Crippen LogP contribution is 2.22. The molecular weight excluding hydrogens is 358 g/mol. The van der Waals surface area contributed by atoms with Gasteiger partial charge in [-0.15, -0.1) is 5.10 Å². The van der Waals surface area contributed by atoms with E-state index in [1.807, 2.05) is 32.0 Å². The summed E-state index contributed by atoms with van der Waals surface area (Å²) in [7, 11) is 0. The van der Waals surface area contributed by atoms with Gasteiger partial charge in [-0.3, -0.25) is 4.79 Å². The number of aromatic nitrogens is 4. The van der Waals surface area contributed by atoms with Crippen molar-refractivity contribution in [1.29, 1.82) is 0 Å². The van der Waals surface area contributed by atoms with Crippen LogP contribution >= 0.6 is 0 Å². The Labute approximate surface area is 162 Å². The first-order valence-corrected chi connectivity index (χ1v) is 9.02. The summed E-state index contributed by atoms with van der Waals surface area (Å²) in [5.41, 5.74) is 1.68. The third-order valence-electron chi connectivity index (χ3n) is 4.34. The van der Waals surface area contributed by atoms with Crippen LogP contribution in [0.3, 0.4) is 0 Å². The molecule has 0 saturated heterocycles. The van der Waals surface area contributed by atoms with Gasteiger partial charge < -0.3 is 9.64 Å². The van der Waals surface area contributed by atoms with E-state index in [1.165, 1.54) is 11.0 Å². The molecule has 0 bridgehead atoms. The number of tetrazole rings is 1. The van der Waals surface area contributed by atoms with E-state index in [1.54, 1.807) is 41.3 Å². The molecule has 8 nitrogen and oxygen atoms in total. The molecule has 0 fully saturated rings. The van der Waals surface area contributed by atoms with Crippen LogP contribution in [0.2, 0.25) is 0 Å². The van der Waals surface area contributed by atoms with Crippen LogP contribution in [0.4, 0.5) is 0 Å². The van der Waals surface area contributed by atoms with Crippen LogP contribution in [0.1, 0.15) is 35.9 Å². The van der Waals surface area contributed by atoms with E-state index in [4.69, 9.17) is 4.74 Å². The fraction of sp³-hybridized carbons (Fsp3) is 0.250. The summed E-state index contributed by atoms with van der Waals surface area (Å²) in [5, 5.41) is 11.0. The molecule has 0 spiro atoms. The van der Waals surface area contributed by atoms with Gasteiger partial charge in [-0.25, -0.2) is 9.48 Å². The first-order chi connectivity index (χ1) is 13.6. The highest BCUT2D eigenvalue weighted by Gasteiger charge is 2.28. The highest BCUT2D eigenvalue weighted by atomic mass is 16.5. The molecule has 0 N–H and O–H groups in total. The van der Waals surface area contributed by atoms with E-state index >= 15 is 0 Å². The summed E-state index contributed by atoms with van der Waals surface area (Å²) in [5.74, 6) is -0.813. The van der Waals surface area contributed by atoms with Crippen LogP contribution in [-0.2, 0) is 9.53 Å². The summed E-state index contributed by atoms with van der Waals surface area (Å²) >= 11 is 0. The van der Waals surface area contributed by atoms with Crippen LogP contribution < -0.4 is 0 Å². The topological polar surface area (TPSA) is 90.2 Å². The molecule has 1 amide bonds. The summed E-state index contributed by atoms with van der Waals surface area (Å²) < 4.78 is 7.10. The predicted octanol–water partition coefficient (Wildman–Crippen LogP) is 2.43. The first-order valence-electron chi connectivity index (χ1n) is 9.02. The van der Waals surface area contributed by atoms with Crippen molar-refractivity contribution >= 4 is 11.9 Å². The van der Waals surface area contributed by atoms with Crippen molar-refractivity contribution in [3.8, 4) is 5.69 Å². The second-order valence-electron chi connectivity index (χ2n) is 6.01. The molecule has 28 heavy (non-hydrogen) atoms. The molecule has 1 atom stereocenters. The number of carbonyl (C=O) groups excluding carboxylic acids is 2. The maximum Gasteiger partial charge on any atom is 0.339 e. The highest BCUT2D eigenvalue weighted by molar-refractivity contribution is 5.92. The van der Waals surface area contributed by atoms with Gasteiger partial charge in [0.15, 0.2) is 0 Å². The zero-order valence-corrected chi connectivity index (χ0v) is 15.7. The van der Waals surface area contributed by atoms with Crippen molar-refractivity contribution in [2.24, 2.45) is 0 Å². The van der Waals surface area contributed by atoms with E-state index in [0.29, 0.717) is 29.9 Å². The Kier molecular flexibility index (Phi) is 6.11. The molecule has 8 heteroatoms. The van der Waals surface area contributed by atoms with E-state index < -0.39 is 12.1 Å². The van der Waals surface area contributed by atoms with Gasteiger partial charge >= 0.3 is 5.97 Å². The van der Waals surface area contributed by atoms with Crippen molar-refractivity contribution in [3.05, 3.63) is 72.1 Å². The number of nitrogens with zero attached hydrogens (tertiary/aromatic N) is 5. The largest absolute Gasteiger partial charge is 0.444 e. The third-order valence-corrected chi connectivity index (χ3v) is 4.34. The number of hydrogen-bond donors (Lipinski definition) is 0. The van der Waals surface area contributed by atoms with E-state index in [9.17, 15) is 9.59 Å². The fourth-order valence-electron chi connectivity index (χ4n) is 2.79. The van der Waals surface area contributed by atoms with Gasteiger partial charge in [-0.05, 0) is 48.5 Å². The lowest BCUT2D eigenvalue weighted by Gasteiger charge is -2.25. The minimum absolute atomic E-state index is 0.241. The standard InChI is InChI=1S/C20H21N5O3/c1-3-24(4-2)19(26)18(15-8-6-5-7-9-15)28-20(27)16-10-12-17(13-11-16)25-14-21-22-23-25/h5-14,18H,3-4H2,1-2H3/t18-/m1/s1. The second-order valence-corrected chi connectivity index (χ2v) is 6.01. The lowest BCUT2D eigenvalue weighted by Crippen LogP contribution is -2.36. The Balaban J connectivity index is 1.82. The predicted molar refractivity (Wildman–Crippen MR) is 102 cm³/mol. The molecule has 0 unspecified atom stereocenters. The van der Waals surface area contributed by atoms with Crippen molar-refractivity contribution in [2.45, 2.75) is 20.0 Å². The van der Waals surface area contributed by atoms with E-state index in [0.717, 1.165) is 0 Å². The number of rotatable bonds is 7. The Hall–Kier alpha value is -3.55. The van der Waals surface area contributed by atoms with Gasteiger partial charge in [-0.2, -0.15) is 0 Å². The van der Waals surface area contributed by atoms with Crippen LogP contribution in [0.15, 0.2) is 60.9 Å². The Morgan fingerprint density at radius 3 is 2.29 bits per heavy atom. The van der Waals surface area contributed by atoms with E-state index in [2.05, 4.69) is 15.5 Å². The van der Waals surface area contributed by atoms with Crippen molar-refractivity contribution in [3.63, 3.8) is 0 Å². The molecule has 0 aliphatic carbocycles. The summed E-state index contributed by atoms with van der Waals surface area (Å²) in [4.78, 5) is 27.2. The number of ether oxygens (including phenoxy) is 1. The second kappa shape index (κ2) is 8.90. The number of likely N-dealkylation sites (N-methyl/N-ethyl adjacent to an activating group) is 1. The lowest BCUT2D eigenvalue weighted by molar-refractivity contribution is -0.140. The van der Waals surface area contributed by atoms with Gasteiger partial charge in [0.1, 0.15) is 6.33 Å². The van der Waals surface area contributed by atoms with Gasteiger partial charge in [0.2, 0.25) is 6.10 Å². The molecule has 2 aromatic carbocycles. The Morgan fingerprint density at radius 2 is 1.71 bits per heavy atom. The molecule has 0 radical (unpaired) electrons. The summed E-state index contributed by atoms with van der Waals surface area (Å²) in [6, 6.07) is 15.7. The Bertz CT molecular complexity index is 907.